The van der Waals surface area contributed by atoms with E-state index in [9.17, 15) is 0 Å². The molecule has 9 heavy (non-hydrogen) atoms. The normalized spacial score (nSPS) is 13.6. The van der Waals surface area contributed by atoms with Gasteiger partial charge in [0.2, 0.25) is 0 Å². The van der Waals surface area contributed by atoms with E-state index >= 15 is 0 Å². The van der Waals surface area contributed by atoms with Gasteiger partial charge in [-0.05, 0) is 13.2 Å². The van der Waals surface area contributed by atoms with E-state index in [1.54, 1.807) is 11.8 Å². The molecule has 0 aromatic carbocycles. The minimum Gasteiger partial charge on any atom is -0.181 e. The van der Waals surface area contributed by atoms with Crippen LogP contribution in [-0.4, -0.2) is 15.0 Å². The van der Waals surface area contributed by atoms with Gasteiger partial charge in [0, 0.05) is 5.25 Å². The molecule has 0 N–H and O–H groups in total. The Labute approximate surface area is 63.0 Å². The molecular formula is C5H8N2S2. The molecule has 0 aliphatic heterocycles. The lowest BCUT2D eigenvalue weighted by Gasteiger charge is -1.99. The topological polar surface area (TPSA) is 25.8 Å². The van der Waals surface area contributed by atoms with Crippen molar-refractivity contribution in [1.29, 1.82) is 0 Å². The molecule has 0 amide bonds. The highest BCUT2D eigenvalue weighted by Crippen LogP contribution is 2.23. The van der Waals surface area contributed by atoms with Crippen LogP contribution in [0.3, 0.4) is 0 Å². The number of aromatic nitrogens is 2. The lowest BCUT2D eigenvalue weighted by molar-refractivity contribution is 1.05. The van der Waals surface area contributed by atoms with Crippen molar-refractivity contribution in [3.8, 4) is 0 Å². The lowest BCUT2D eigenvalue weighted by Crippen LogP contribution is -1.84. The first-order chi connectivity index (χ1) is 4.34. The van der Waals surface area contributed by atoms with Crippen LogP contribution >= 0.6 is 23.5 Å². The smallest absolute Gasteiger partial charge is 0.0869 e. The Morgan fingerprint density at radius 3 is 3.00 bits per heavy atom. The first kappa shape index (κ1) is 7.02. The van der Waals surface area contributed by atoms with Crippen LogP contribution < -0.4 is 0 Å². The molecule has 0 aliphatic rings. The van der Waals surface area contributed by atoms with Crippen molar-refractivity contribution in [2.24, 2.45) is 0 Å². The maximum atomic E-state index is 4.10. The molecule has 0 aliphatic carbocycles. The fraction of sp³-hybridized carbons (Fsp3) is 0.600. The van der Waals surface area contributed by atoms with Gasteiger partial charge < -0.3 is 0 Å². The van der Waals surface area contributed by atoms with Crippen LogP contribution in [0.15, 0.2) is 6.20 Å². The van der Waals surface area contributed by atoms with Crippen molar-refractivity contribution in [3.05, 3.63) is 11.9 Å². The van der Waals surface area contributed by atoms with Crippen LogP contribution in [0.2, 0.25) is 0 Å². The number of thioether (sulfide) groups is 1. The molecule has 1 aromatic heterocycles. The van der Waals surface area contributed by atoms with Crippen LogP contribution in [0, 0.1) is 0 Å². The van der Waals surface area contributed by atoms with E-state index in [0.29, 0.717) is 5.25 Å². The predicted molar refractivity (Wildman–Crippen MR) is 41.8 cm³/mol. The van der Waals surface area contributed by atoms with Crippen molar-refractivity contribution in [1.82, 2.24) is 8.75 Å². The SMILES string of the molecule is CSC(C)c1cnsn1. The first-order valence-corrected chi connectivity index (χ1v) is 4.66. The Balaban J connectivity index is 2.65. The summed E-state index contributed by atoms with van der Waals surface area (Å²) in [5.74, 6) is 0. The second-order valence-corrected chi connectivity index (χ2v) is 3.45. The van der Waals surface area contributed by atoms with Crippen molar-refractivity contribution < 1.29 is 0 Å². The first-order valence-electron chi connectivity index (χ1n) is 2.65. The molecule has 0 bridgehead atoms. The fourth-order valence-corrected chi connectivity index (χ4v) is 1.40. The zero-order valence-corrected chi connectivity index (χ0v) is 7.00. The molecule has 0 saturated carbocycles. The molecular weight excluding hydrogens is 152 g/mol. The molecule has 0 spiro atoms. The maximum Gasteiger partial charge on any atom is 0.0869 e. The van der Waals surface area contributed by atoms with Gasteiger partial charge in [-0.2, -0.15) is 20.5 Å². The largest absolute Gasteiger partial charge is 0.181 e. The van der Waals surface area contributed by atoms with E-state index in [2.05, 4.69) is 21.9 Å². The monoisotopic (exact) mass is 160 g/mol. The molecule has 1 aromatic rings. The molecule has 1 rings (SSSR count). The van der Waals surface area contributed by atoms with Gasteiger partial charge >= 0.3 is 0 Å². The Morgan fingerprint density at radius 2 is 2.56 bits per heavy atom. The number of nitrogens with zero attached hydrogens (tertiary/aromatic N) is 2. The van der Waals surface area contributed by atoms with E-state index in [1.165, 1.54) is 11.7 Å². The zero-order valence-electron chi connectivity index (χ0n) is 5.37. The van der Waals surface area contributed by atoms with Gasteiger partial charge in [0.15, 0.2) is 0 Å². The summed E-state index contributed by atoms with van der Waals surface area (Å²) in [7, 11) is 0. The summed E-state index contributed by atoms with van der Waals surface area (Å²) >= 11 is 3.06. The Hall–Kier alpha value is -0.0900. The van der Waals surface area contributed by atoms with Crippen LogP contribution in [0.5, 0.6) is 0 Å². The second-order valence-electron chi connectivity index (χ2n) is 1.71. The molecule has 2 nitrogen and oxygen atoms in total. The highest BCUT2D eigenvalue weighted by atomic mass is 32.2. The van der Waals surface area contributed by atoms with E-state index < -0.39 is 0 Å². The van der Waals surface area contributed by atoms with E-state index in [4.69, 9.17) is 0 Å². The third-order valence-electron chi connectivity index (χ3n) is 1.15. The summed E-state index contributed by atoms with van der Waals surface area (Å²) in [6.45, 7) is 2.13. The fourth-order valence-electron chi connectivity index (χ4n) is 0.472. The number of hydrogen-bond acceptors (Lipinski definition) is 4. The highest BCUT2D eigenvalue weighted by Gasteiger charge is 2.04. The zero-order chi connectivity index (χ0) is 6.69. The molecule has 4 heteroatoms. The minimum absolute atomic E-state index is 0.490. The molecule has 1 heterocycles. The molecule has 0 saturated heterocycles. The Kier molecular flexibility index (Phi) is 2.48. The molecule has 1 unspecified atom stereocenters. The number of hydrogen-bond donors (Lipinski definition) is 0. The van der Waals surface area contributed by atoms with Gasteiger partial charge in [-0.25, -0.2) is 0 Å². The Bertz CT molecular complexity index is 161. The van der Waals surface area contributed by atoms with Crippen LogP contribution in [0.4, 0.5) is 0 Å². The van der Waals surface area contributed by atoms with E-state index in [-0.39, 0.29) is 0 Å². The third kappa shape index (κ3) is 1.66. The highest BCUT2D eigenvalue weighted by molar-refractivity contribution is 7.98. The van der Waals surface area contributed by atoms with Crippen molar-refractivity contribution in [2.75, 3.05) is 6.26 Å². The van der Waals surface area contributed by atoms with Crippen LogP contribution in [0.1, 0.15) is 17.9 Å². The summed E-state index contributed by atoms with van der Waals surface area (Å²) in [4.78, 5) is 0. The molecule has 0 radical (unpaired) electrons. The van der Waals surface area contributed by atoms with Gasteiger partial charge in [0.25, 0.3) is 0 Å². The van der Waals surface area contributed by atoms with Crippen molar-refractivity contribution >= 4 is 23.5 Å². The van der Waals surface area contributed by atoms with E-state index in [0.717, 1.165) is 5.69 Å². The summed E-state index contributed by atoms with van der Waals surface area (Å²) in [5, 5.41) is 0.490. The second kappa shape index (κ2) is 3.17. The average Bonchev–Trinajstić information content (AvgIpc) is 2.37. The van der Waals surface area contributed by atoms with Gasteiger partial charge in [-0.3, -0.25) is 0 Å². The standard InChI is InChI=1S/C5H8N2S2/c1-4(8-2)5-3-6-9-7-5/h3-4H,1-2H3. The lowest BCUT2D eigenvalue weighted by atomic mass is 10.4. The third-order valence-corrected chi connectivity index (χ3v) is 2.59. The Morgan fingerprint density at radius 1 is 1.78 bits per heavy atom. The predicted octanol–water partition coefficient (Wildman–Crippen LogP) is 1.96. The van der Waals surface area contributed by atoms with Gasteiger partial charge in [0.05, 0.1) is 23.6 Å². The molecule has 1 atom stereocenters. The average molecular weight is 160 g/mol. The van der Waals surface area contributed by atoms with Gasteiger partial charge in [0.1, 0.15) is 0 Å². The number of rotatable bonds is 2. The van der Waals surface area contributed by atoms with Crippen molar-refractivity contribution in [3.63, 3.8) is 0 Å². The van der Waals surface area contributed by atoms with E-state index in [1.807, 2.05) is 6.20 Å². The van der Waals surface area contributed by atoms with Gasteiger partial charge in [-0.1, -0.05) is 0 Å². The molecule has 0 fully saturated rings. The van der Waals surface area contributed by atoms with Crippen LogP contribution in [0.25, 0.3) is 0 Å². The maximum absolute atomic E-state index is 4.10. The molecule has 50 valence electrons. The summed E-state index contributed by atoms with van der Waals surface area (Å²) in [5.41, 5.74) is 1.09. The summed E-state index contributed by atoms with van der Waals surface area (Å²) in [6.07, 6.45) is 3.90. The quantitative estimate of drug-likeness (QED) is 0.661. The minimum atomic E-state index is 0.490. The van der Waals surface area contributed by atoms with Gasteiger partial charge in [-0.15, -0.1) is 0 Å². The van der Waals surface area contributed by atoms with Crippen molar-refractivity contribution in [2.45, 2.75) is 12.2 Å². The summed E-state index contributed by atoms with van der Waals surface area (Å²) in [6, 6.07) is 0. The summed E-state index contributed by atoms with van der Waals surface area (Å²) < 4.78 is 8.01. The van der Waals surface area contributed by atoms with Crippen LogP contribution in [-0.2, 0) is 0 Å².